The van der Waals surface area contributed by atoms with E-state index >= 15 is 0 Å². The Kier molecular flexibility index (Phi) is 4.61. The number of nitrogens with two attached hydrogens (primary N) is 1. The van der Waals surface area contributed by atoms with Crippen LogP contribution < -0.4 is 5.73 Å². The molecule has 0 amide bonds. The number of ether oxygens (including phenoxy) is 2. The zero-order chi connectivity index (χ0) is 13.2. The minimum Gasteiger partial charge on any atom is -0.394 e. The van der Waals surface area contributed by atoms with Crippen LogP contribution in [-0.4, -0.2) is 67.2 Å². The first-order valence-electron chi connectivity index (χ1n) is 6.84. The highest BCUT2D eigenvalue weighted by Crippen LogP contribution is 2.23. The lowest BCUT2D eigenvalue weighted by Crippen LogP contribution is -2.56. The van der Waals surface area contributed by atoms with Gasteiger partial charge < -0.3 is 20.3 Å². The van der Waals surface area contributed by atoms with Gasteiger partial charge in [0.25, 0.3) is 0 Å². The molecule has 0 saturated carbocycles. The molecule has 3 atom stereocenters. The molecule has 2 fully saturated rings. The fourth-order valence-electron chi connectivity index (χ4n) is 2.98. The Morgan fingerprint density at radius 3 is 2.89 bits per heavy atom. The normalized spacial score (nSPS) is 37.7. The second-order valence-electron chi connectivity index (χ2n) is 6.16. The van der Waals surface area contributed by atoms with Crippen molar-refractivity contribution >= 4 is 0 Å². The minimum atomic E-state index is -0.203. The summed E-state index contributed by atoms with van der Waals surface area (Å²) in [4.78, 5) is 2.35. The predicted octanol–water partition coefficient (Wildman–Crippen LogP) is -0.178. The molecule has 0 radical (unpaired) electrons. The molecule has 2 aliphatic heterocycles. The fraction of sp³-hybridized carbons (Fsp3) is 1.00. The molecule has 5 heteroatoms. The van der Waals surface area contributed by atoms with Gasteiger partial charge in [-0.3, -0.25) is 4.90 Å². The third-order valence-corrected chi connectivity index (χ3v) is 3.78. The van der Waals surface area contributed by atoms with Gasteiger partial charge in [0.2, 0.25) is 0 Å². The monoisotopic (exact) mass is 258 g/mol. The van der Waals surface area contributed by atoms with E-state index in [4.69, 9.17) is 15.2 Å². The van der Waals surface area contributed by atoms with Crippen LogP contribution in [-0.2, 0) is 9.47 Å². The maximum absolute atomic E-state index is 9.30. The summed E-state index contributed by atoms with van der Waals surface area (Å²) in [6.45, 7) is 8.35. The van der Waals surface area contributed by atoms with Crippen LogP contribution in [0.5, 0.6) is 0 Å². The minimum absolute atomic E-state index is 0.0765. The Morgan fingerprint density at radius 2 is 2.22 bits per heavy atom. The van der Waals surface area contributed by atoms with E-state index in [2.05, 4.69) is 18.7 Å². The summed E-state index contributed by atoms with van der Waals surface area (Å²) >= 11 is 0. The maximum Gasteiger partial charge on any atom is 0.0940 e. The van der Waals surface area contributed by atoms with Gasteiger partial charge in [0.15, 0.2) is 0 Å². The Balaban J connectivity index is 1.91. The summed E-state index contributed by atoms with van der Waals surface area (Å²) in [5, 5.41) is 9.30. The molecule has 0 bridgehead atoms. The summed E-state index contributed by atoms with van der Waals surface area (Å²) in [6, 6.07) is 0.234. The zero-order valence-corrected chi connectivity index (χ0v) is 11.5. The maximum atomic E-state index is 9.30. The number of hydrogen-bond acceptors (Lipinski definition) is 5. The smallest absolute Gasteiger partial charge is 0.0940 e. The molecular formula is C13H26N2O3. The molecule has 3 unspecified atom stereocenters. The lowest BCUT2D eigenvalue weighted by molar-refractivity contribution is -0.153. The first kappa shape index (κ1) is 14.2. The third-order valence-electron chi connectivity index (χ3n) is 3.78. The number of hydrogen-bond donors (Lipinski definition) is 2. The Hall–Kier alpha value is -0.200. The summed E-state index contributed by atoms with van der Waals surface area (Å²) in [5.41, 5.74) is 5.94. The summed E-state index contributed by atoms with van der Waals surface area (Å²) in [5.74, 6) is 0.395. The van der Waals surface area contributed by atoms with E-state index in [0.717, 1.165) is 39.3 Å². The largest absolute Gasteiger partial charge is 0.394 e. The highest BCUT2D eigenvalue weighted by Gasteiger charge is 2.35. The Morgan fingerprint density at radius 1 is 1.44 bits per heavy atom. The quantitative estimate of drug-likeness (QED) is 0.735. The van der Waals surface area contributed by atoms with Gasteiger partial charge in [-0.1, -0.05) is 0 Å². The van der Waals surface area contributed by atoms with Gasteiger partial charge in [-0.2, -0.15) is 0 Å². The van der Waals surface area contributed by atoms with Crippen molar-refractivity contribution in [3.05, 3.63) is 0 Å². The number of aliphatic hydroxyl groups is 1. The Bertz CT molecular complexity index is 273. The Labute approximate surface area is 109 Å². The molecule has 106 valence electrons. The van der Waals surface area contributed by atoms with Crippen molar-refractivity contribution in [2.75, 3.05) is 39.5 Å². The molecule has 2 saturated heterocycles. The molecule has 0 aromatic rings. The van der Waals surface area contributed by atoms with E-state index in [-0.39, 0.29) is 24.4 Å². The number of rotatable bonds is 3. The van der Waals surface area contributed by atoms with Gasteiger partial charge in [0, 0.05) is 38.2 Å². The molecule has 2 heterocycles. The molecule has 2 rings (SSSR count). The number of morpholine rings is 1. The molecule has 0 aliphatic carbocycles. The molecular weight excluding hydrogens is 232 g/mol. The van der Waals surface area contributed by atoms with Gasteiger partial charge in [0.1, 0.15) is 0 Å². The lowest BCUT2D eigenvalue weighted by atomic mass is 9.94. The molecule has 2 aliphatic rings. The van der Waals surface area contributed by atoms with Gasteiger partial charge in [-0.05, 0) is 20.3 Å². The van der Waals surface area contributed by atoms with Crippen LogP contribution in [0, 0.1) is 5.92 Å². The molecule has 0 spiro atoms. The van der Waals surface area contributed by atoms with Gasteiger partial charge in [-0.15, -0.1) is 0 Å². The first-order valence-corrected chi connectivity index (χ1v) is 6.84. The SMILES string of the molecule is CC1(C)CN(CC2COCCC2N)CC(CO)O1. The van der Waals surface area contributed by atoms with Crippen molar-refractivity contribution in [3.8, 4) is 0 Å². The fourth-order valence-corrected chi connectivity index (χ4v) is 2.98. The third kappa shape index (κ3) is 3.65. The van der Waals surface area contributed by atoms with Gasteiger partial charge in [0.05, 0.1) is 24.9 Å². The zero-order valence-electron chi connectivity index (χ0n) is 11.5. The van der Waals surface area contributed by atoms with Crippen molar-refractivity contribution in [3.63, 3.8) is 0 Å². The van der Waals surface area contributed by atoms with Crippen LogP contribution in [0.25, 0.3) is 0 Å². The van der Waals surface area contributed by atoms with Crippen LogP contribution in [0.15, 0.2) is 0 Å². The second kappa shape index (κ2) is 5.84. The van der Waals surface area contributed by atoms with Gasteiger partial charge >= 0.3 is 0 Å². The summed E-state index contributed by atoms with van der Waals surface area (Å²) in [6.07, 6.45) is 0.858. The van der Waals surface area contributed by atoms with Crippen molar-refractivity contribution in [2.24, 2.45) is 11.7 Å². The molecule has 5 nitrogen and oxygen atoms in total. The van der Waals surface area contributed by atoms with E-state index in [9.17, 15) is 5.11 Å². The summed E-state index contributed by atoms with van der Waals surface area (Å²) in [7, 11) is 0. The van der Waals surface area contributed by atoms with E-state index in [1.165, 1.54) is 0 Å². The average Bonchev–Trinajstić information content (AvgIpc) is 2.30. The summed E-state index contributed by atoms with van der Waals surface area (Å²) < 4.78 is 11.3. The van der Waals surface area contributed by atoms with Crippen LogP contribution in [0.1, 0.15) is 20.3 Å². The van der Waals surface area contributed by atoms with E-state index < -0.39 is 0 Å². The van der Waals surface area contributed by atoms with Crippen molar-refractivity contribution in [1.82, 2.24) is 4.90 Å². The van der Waals surface area contributed by atoms with Crippen LogP contribution in [0.2, 0.25) is 0 Å². The predicted molar refractivity (Wildman–Crippen MR) is 69.4 cm³/mol. The van der Waals surface area contributed by atoms with Gasteiger partial charge in [-0.25, -0.2) is 0 Å². The first-order chi connectivity index (χ1) is 8.50. The van der Waals surface area contributed by atoms with Crippen molar-refractivity contribution in [2.45, 2.75) is 38.0 Å². The standard InChI is InChI=1S/C13H26N2O3/c1-13(2)9-15(6-11(7-16)18-13)5-10-8-17-4-3-12(10)14/h10-12,16H,3-9,14H2,1-2H3. The van der Waals surface area contributed by atoms with Crippen LogP contribution >= 0.6 is 0 Å². The van der Waals surface area contributed by atoms with E-state index in [0.29, 0.717) is 5.92 Å². The van der Waals surface area contributed by atoms with E-state index in [1.54, 1.807) is 0 Å². The van der Waals surface area contributed by atoms with E-state index in [1.807, 2.05) is 0 Å². The topological polar surface area (TPSA) is 68.0 Å². The molecule has 3 N–H and O–H groups in total. The van der Waals surface area contributed by atoms with Crippen molar-refractivity contribution in [1.29, 1.82) is 0 Å². The second-order valence-corrected chi connectivity index (χ2v) is 6.16. The number of nitrogens with zero attached hydrogens (tertiary/aromatic N) is 1. The molecule has 18 heavy (non-hydrogen) atoms. The van der Waals surface area contributed by atoms with Crippen LogP contribution in [0.4, 0.5) is 0 Å². The average molecular weight is 258 g/mol. The highest BCUT2D eigenvalue weighted by atomic mass is 16.5. The van der Waals surface area contributed by atoms with Crippen LogP contribution in [0.3, 0.4) is 0 Å². The highest BCUT2D eigenvalue weighted by molar-refractivity contribution is 4.87. The van der Waals surface area contributed by atoms with Crippen molar-refractivity contribution < 1.29 is 14.6 Å². The lowest BCUT2D eigenvalue weighted by Gasteiger charge is -2.44. The number of aliphatic hydroxyl groups excluding tert-OH is 1. The molecule has 0 aromatic carbocycles. The molecule has 0 aromatic heterocycles.